The summed E-state index contributed by atoms with van der Waals surface area (Å²) in [5.41, 5.74) is 3.02. The van der Waals surface area contributed by atoms with Crippen LogP contribution in [-0.2, 0) is 14.8 Å². The zero-order valence-corrected chi connectivity index (χ0v) is 18.7. The van der Waals surface area contributed by atoms with Crippen LogP contribution < -0.4 is 9.62 Å². The Morgan fingerprint density at radius 1 is 1.06 bits per heavy atom. The molecule has 0 spiro atoms. The minimum absolute atomic E-state index is 0.185. The van der Waals surface area contributed by atoms with Crippen LogP contribution >= 0.6 is 11.3 Å². The molecular formula is C21H19N5O3S2. The van der Waals surface area contributed by atoms with Gasteiger partial charge in [-0.05, 0) is 31.2 Å². The van der Waals surface area contributed by atoms with Gasteiger partial charge in [-0.15, -0.1) is 0 Å². The molecule has 2 aromatic heterocycles. The van der Waals surface area contributed by atoms with Gasteiger partial charge in [-0.2, -0.15) is 0 Å². The van der Waals surface area contributed by atoms with Crippen molar-refractivity contribution < 1.29 is 13.2 Å². The molecule has 0 radical (unpaired) electrons. The Morgan fingerprint density at radius 2 is 1.81 bits per heavy atom. The Hall–Kier alpha value is -3.37. The summed E-state index contributed by atoms with van der Waals surface area (Å²) >= 11 is 1.35. The van der Waals surface area contributed by atoms with Crippen molar-refractivity contribution in [1.82, 2.24) is 15.0 Å². The van der Waals surface area contributed by atoms with Gasteiger partial charge in [0, 0.05) is 19.5 Å². The third-order valence-corrected chi connectivity index (χ3v) is 7.30. The van der Waals surface area contributed by atoms with Crippen molar-refractivity contribution in [2.24, 2.45) is 0 Å². The van der Waals surface area contributed by atoms with Gasteiger partial charge < -0.3 is 5.32 Å². The Morgan fingerprint density at radius 3 is 2.52 bits per heavy atom. The Bertz CT molecular complexity index is 1380. The zero-order valence-electron chi connectivity index (χ0n) is 17.0. The second kappa shape index (κ2) is 8.05. The van der Waals surface area contributed by atoms with E-state index < -0.39 is 10.0 Å². The van der Waals surface area contributed by atoms with E-state index in [1.807, 2.05) is 25.1 Å². The van der Waals surface area contributed by atoms with Crippen molar-refractivity contribution >= 4 is 48.4 Å². The van der Waals surface area contributed by atoms with Crippen molar-refractivity contribution in [2.45, 2.75) is 18.7 Å². The largest absolute Gasteiger partial charge is 0.302 e. The van der Waals surface area contributed by atoms with E-state index in [-0.39, 0.29) is 16.6 Å². The molecule has 2 heterocycles. The molecule has 0 unspecified atom stereocenters. The number of aryl methyl sites for hydroxylation is 1. The fraction of sp³-hybridized carbons (Fsp3) is 0.143. The van der Waals surface area contributed by atoms with E-state index in [0.717, 1.165) is 25.6 Å². The van der Waals surface area contributed by atoms with Crippen LogP contribution in [0.15, 0.2) is 59.8 Å². The second-order valence-electron chi connectivity index (χ2n) is 6.93. The lowest BCUT2D eigenvalue weighted by atomic mass is 10.1. The fourth-order valence-electron chi connectivity index (χ4n) is 2.93. The van der Waals surface area contributed by atoms with E-state index in [9.17, 15) is 13.2 Å². The predicted molar refractivity (Wildman–Crippen MR) is 122 cm³/mol. The second-order valence-corrected chi connectivity index (χ2v) is 9.93. The van der Waals surface area contributed by atoms with Crippen LogP contribution in [0.1, 0.15) is 12.5 Å². The third-order valence-electron chi connectivity index (χ3n) is 4.59. The monoisotopic (exact) mass is 453 g/mol. The van der Waals surface area contributed by atoms with Crippen LogP contribution in [0.4, 0.5) is 10.9 Å². The highest BCUT2D eigenvalue weighted by atomic mass is 32.2. The molecule has 31 heavy (non-hydrogen) atoms. The van der Waals surface area contributed by atoms with E-state index in [0.29, 0.717) is 10.8 Å². The number of sulfonamides is 1. The van der Waals surface area contributed by atoms with Crippen molar-refractivity contribution in [2.75, 3.05) is 16.7 Å². The number of benzene rings is 2. The number of fused-ring (bicyclic) bond motifs is 1. The summed E-state index contributed by atoms with van der Waals surface area (Å²) in [7, 11) is -2.31. The van der Waals surface area contributed by atoms with Gasteiger partial charge in [0.05, 0.1) is 33.2 Å². The lowest BCUT2D eigenvalue weighted by Gasteiger charge is -2.18. The number of hydrogen-bond donors (Lipinski definition) is 1. The van der Waals surface area contributed by atoms with Crippen molar-refractivity contribution in [3.8, 4) is 11.3 Å². The van der Waals surface area contributed by atoms with Gasteiger partial charge in [-0.1, -0.05) is 35.1 Å². The highest BCUT2D eigenvalue weighted by Crippen LogP contribution is 2.30. The first-order valence-corrected chi connectivity index (χ1v) is 11.6. The summed E-state index contributed by atoms with van der Waals surface area (Å²) in [5, 5.41) is 3.20. The summed E-state index contributed by atoms with van der Waals surface area (Å²) in [6, 6.07) is 12.2. The maximum atomic E-state index is 13.0. The zero-order chi connectivity index (χ0) is 22.2. The molecule has 0 aliphatic rings. The van der Waals surface area contributed by atoms with Crippen LogP contribution in [0, 0.1) is 6.92 Å². The number of nitrogens with zero attached hydrogens (tertiary/aromatic N) is 4. The summed E-state index contributed by atoms with van der Waals surface area (Å²) in [6.45, 7) is 3.33. The van der Waals surface area contributed by atoms with Crippen molar-refractivity contribution in [1.29, 1.82) is 0 Å². The maximum Gasteiger partial charge on any atom is 0.265 e. The van der Waals surface area contributed by atoms with Crippen molar-refractivity contribution in [3.63, 3.8) is 0 Å². The normalized spacial score (nSPS) is 11.5. The van der Waals surface area contributed by atoms with Gasteiger partial charge in [-0.3, -0.25) is 14.1 Å². The van der Waals surface area contributed by atoms with Gasteiger partial charge in [0.15, 0.2) is 10.9 Å². The lowest BCUT2D eigenvalue weighted by Crippen LogP contribution is -2.27. The first-order valence-electron chi connectivity index (χ1n) is 9.30. The molecule has 8 nitrogen and oxygen atoms in total. The van der Waals surface area contributed by atoms with E-state index in [1.54, 1.807) is 30.5 Å². The van der Waals surface area contributed by atoms with Crippen LogP contribution in [0.5, 0.6) is 0 Å². The first-order chi connectivity index (χ1) is 14.7. The average molecular weight is 454 g/mol. The summed E-state index contributed by atoms with van der Waals surface area (Å²) in [5.74, 6) is 0.0251. The number of rotatable bonds is 5. The fourth-order valence-corrected chi connectivity index (χ4v) is 5.01. The molecule has 0 saturated carbocycles. The number of hydrogen-bond acceptors (Lipinski definition) is 7. The number of carbonyl (C=O) groups is 1. The van der Waals surface area contributed by atoms with Crippen molar-refractivity contribution in [3.05, 3.63) is 60.4 Å². The molecule has 0 fully saturated rings. The highest BCUT2D eigenvalue weighted by molar-refractivity contribution is 7.92. The number of amides is 1. The summed E-state index contributed by atoms with van der Waals surface area (Å²) < 4.78 is 27.9. The standard InChI is InChI=1S/C21H19N5O3S2/c1-13-4-7-16(8-5-13)31(28,29)26(3)20-12-22-11-18(24-20)15-6-9-17-19(10-15)30-21(25-17)23-14(2)27/h4-12H,1-3H3,(H,23,25,27). The SMILES string of the molecule is CC(=O)Nc1nc2ccc(-c3cncc(N(C)S(=O)(=O)c4ccc(C)cc4)n3)cc2s1. The van der Waals surface area contributed by atoms with E-state index in [1.165, 1.54) is 31.5 Å². The predicted octanol–water partition coefficient (Wildman–Crippen LogP) is 3.85. The molecule has 158 valence electrons. The van der Waals surface area contributed by atoms with Gasteiger partial charge in [-0.25, -0.2) is 18.4 Å². The number of carbonyl (C=O) groups excluding carboxylic acids is 1. The number of anilines is 2. The molecule has 2 aromatic carbocycles. The lowest BCUT2D eigenvalue weighted by molar-refractivity contribution is -0.114. The molecule has 0 saturated heterocycles. The molecule has 0 atom stereocenters. The molecule has 4 rings (SSSR count). The Balaban J connectivity index is 1.67. The molecule has 1 amide bonds. The summed E-state index contributed by atoms with van der Waals surface area (Å²) in [6.07, 6.45) is 2.99. The van der Waals surface area contributed by atoms with Crippen LogP contribution in [0.25, 0.3) is 21.5 Å². The van der Waals surface area contributed by atoms with Gasteiger partial charge >= 0.3 is 0 Å². The minimum atomic E-state index is -3.77. The minimum Gasteiger partial charge on any atom is -0.302 e. The van der Waals surface area contributed by atoms with E-state index in [2.05, 4.69) is 20.3 Å². The molecule has 10 heteroatoms. The number of thiazole rings is 1. The number of aromatic nitrogens is 3. The Kier molecular flexibility index (Phi) is 5.42. The van der Waals surface area contributed by atoms with Gasteiger partial charge in [0.25, 0.3) is 10.0 Å². The van der Waals surface area contributed by atoms with Gasteiger partial charge in [0.1, 0.15) is 0 Å². The van der Waals surface area contributed by atoms with E-state index in [4.69, 9.17) is 0 Å². The molecule has 0 aliphatic carbocycles. The quantitative estimate of drug-likeness (QED) is 0.492. The molecule has 0 aliphatic heterocycles. The van der Waals surface area contributed by atoms with E-state index >= 15 is 0 Å². The Labute approximate surface area is 183 Å². The van der Waals surface area contributed by atoms with Crippen LogP contribution in [0.2, 0.25) is 0 Å². The average Bonchev–Trinajstić information content (AvgIpc) is 3.14. The highest BCUT2D eigenvalue weighted by Gasteiger charge is 2.23. The van der Waals surface area contributed by atoms with Crippen LogP contribution in [-0.4, -0.2) is 36.3 Å². The van der Waals surface area contributed by atoms with Crippen LogP contribution in [0.3, 0.4) is 0 Å². The molecular weight excluding hydrogens is 434 g/mol. The number of nitrogens with one attached hydrogen (secondary N) is 1. The van der Waals surface area contributed by atoms with Gasteiger partial charge in [0.2, 0.25) is 5.91 Å². The smallest absolute Gasteiger partial charge is 0.265 e. The molecule has 0 bridgehead atoms. The maximum absolute atomic E-state index is 13.0. The third kappa shape index (κ3) is 4.25. The summed E-state index contributed by atoms with van der Waals surface area (Å²) in [4.78, 5) is 24.5. The molecule has 4 aromatic rings. The first kappa shape index (κ1) is 20.9. The topological polar surface area (TPSA) is 105 Å². The molecule has 1 N–H and O–H groups in total.